The zero-order chi connectivity index (χ0) is 11.7. The smallest absolute Gasteiger partial charge is 0.251 e. The zero-order valence-electron chi connectivity index (χ0n) is 8.48. The quantitative estimate of drug-likeness (QED) is 0.753. The molecule has 1 aliphatic heterocycles. The van der Waals surface area contributed by atoms with Gasteiger partial charge in [-0.2, -0.15) is 0 Å². The van der Waals surface area contributed by atoms with Gasteiger partial charge in [-0.3, -0.25) is 14.5 Å². The first kappa shape index (κ1) is 10.8. The second kappa shape index (κ2) is 4.05. The molecule has 1 atom stereocenters. The summed E-state index contributed by atoms with van der Waals surface area (Å²) in [5.74, 6) is -0.0444. The number of hydrogen-bond donors (Lipinski definition) is 1. The average Bonchev–Trinajstić information content (AvgIpc) is 2.50. The minimum atomic E-state index is -0.562. The minimum Gasteiger partial charge on any atom is -0.356 e. The largest absolute Gasteiger partial charge is 0.356 e. The number of amides is 2. The Hall–Kier alpha value is -1.69. The Morgan fingerprint density at radius 1 is 1.44 bits per heavy atom. The molecule has 0 saturated carbocycles. The molecule has 0 spiro atoms. The van der Waals surface area contributed by atoms with Crippen molar-refractivity contribution in [2.24, 2.45) is 0 Å². The molecule has 0 bridgehead atoms. The number of halogens is 1. The molecule has 2 rings (SSSR count). The molecule has 84 valence electrons. The normalized spacial score (nSPS) is 20.4. The maximum Gasteiger partial charge on any atom is 0.251 e. The van der Waals surface area contributed by atoms with Crippen molar-refractivity contribution < 1.29 is 9.59 Å². The van der Waals surface area contributed by atoms with Crippen molar-refractivity contribution in [2.75, 3.05) is 12.4 Å². The molecule has 0 radical (unpaired) electrons. The van der Waals surface area contributed by atoms with Crippen LogP contribution in [0.2, 0.25) is 5.15 Å². The van der Waals surface area contributed by atoms with Crippen LogP contribution in [0.5, 0.6) is 0 Å². The molecule has 1 aromatic rings. The van der Waals surface area contributed by atoms with Crippen molar-refractivity contribution in [3.8, 4) is 0 Å². The first-order valence-corrected chi connectivity index (χ1v) is 5.02. The first-order valence-electron chi connectivity index (χ1n) is 4.64. The van der Waals surface area contributed by atoms with Crippen molar-refractivity contribution in [3.63, 3.8) is 0 Å². The number of rotatable bonds is 2. The Morgan fingerprint density at radius 2 is 2.19 bits per heavy atom. The van der Waals surface area contributed by atoms with Gasteiger partial charge in [0.15, 0.2) is 5.15 Å². The van der Waals surface area contributed by atoms with Crippen LogP contribution in [0.15, 0.2) is 12.1 Å². The molecule has 1 N–H and O–H groups in total. The molecule has 1 aliphatic rings. The molecule has 2 amide bonds. The van der Waals surface area contributed by atoms with Gasteiger partial charge in [-0.05, 0) is 12.1 Å². The number of aromatic nitrogens is 2. The van der Waals surface area contributed by atoms with Gasteiger partial charge < -0.3 is 5.32 Å². The van der Waals surface area contributed by atoms with Gasteiger partial charge in [0.05, 0.1) is 6.42 Å². The highest BCUT2D eigenvalue weighted by Crippen LogP contribution is 2.15. The van der Waals surface area contributed by atoms with E-state index in [2.05, 4.69) is 15.5 Å². The van der Waals surface area contributed by atoms with Crippen LogP contribution >= 0.6 is 11.6 Å². The van der Waals surface area contributed by atoms with Crippen molar-refractivity contribution in [2.45, 2.75) is 12.5 Å². The lowest BCUT2D eigenvalue weighted by Crippen LogP contribution is -2.32. The van der Waals surface area contributed by atoms with E-state index in [-0.39, 0.29) is 23.4 Å². The molecule has 1 fully saturated rings. The van der Waals surface area contributed by atoms with Gasteiger partial charge in [0.1, 0.15) is 11.9 Å². The van der Waals surface area contributed by atoms with Crippen molar-refractivity contribution in [3.05, 3.63) is 17.3 Å². The highest BCUT2D eigenvalue weighted by molar-refractivity contribution is 6.29. The maximum absolute atomic E-state index is 11.6. The minimum absolute atomic E-state index is 0.139. The van der Waals surface area contributed by atoms with Crippen LogP contribution in [0.25, 0.3) is 0 Å². The fraction of sp³-hybridized carbons (Fsp3) is 0.333. The van der Waals surface area contributed by atoms with Gasteiger partial charge in [0.2, 0.25) is 5.91 Å². The van der Waals surface area contributed by atoms with Gasteiger partial charge in [0, 0.05) is 7.05 Å². The van der Waals surface area contributed by atoms with E-state index in [1.165, 1.54) is 7.05 Å². The lowest BCUT2D eigenvalue weighted by atomic mass is 10.2. The fourth-order valence-corrected chi connectivity index (χ4v) is 1.54. The molecule has 1 saturated heterocycles. The van der Waals surface area contributed by atoms with Gasteiger partial charge in [-0.15, -0.1) is 10.2 Å². The maximum atomic E-state index is 11.6. The summed E-state index contributed by atoms with van der Waals surface area (Å²) in [6, 6.07) is 2.60. The zero-order valence-corrected chi connectivity index (χ0v) is 9.23. The van der Waals surface area contributed by atoms with Crippen LogP contribution < -0.4 is 5.32 Å². The summed E-state index contributed by atoms with van der Waals surface area (Å²) >= 11 is 5.57. The number of carbonyl (C=O) groups excluding carboxylic acids is 2. The SMILES string of the molecule is CN1C(=O)CC(Nc2ccc(Cl)nn2)C1=O. The predicted molar refractivity (Wildman–Crippen MR) is 56.8 cm³/mol. The molecule has 0 aliphatic carbocycles. The van der Waals surface area contributed by atoms with E-state index >= 15 is 0 Å². The Bertz CT molecular complexity index is 434. The number of imide groups is 1. The second-order valence-corrected chi connectivity index (χ2v) is 3.82. The van der Waals surface area contributed by atoms with E-state index in [1.807, 2.05) is 0 Å². The van der Waals surface area contributed by atoms with Gasteiger partial charge in [0.25, 0.3) is 5.91 Å². The summed E-state index contributed by atoms with van der Waals surface area (Å²) in [6.45, 7) is 0. The summed E-state index contributed by atoms with van der Waals surface area (Å²) in [6.07, 6.45) is 0.139. The van der Waals surface area contributed by atoms with E-state index in [1.54, 1.807) is 12.1 Å². The first-order chi connectivity index (χ1) is 7.58. The number of nitrogens with zero attached hydrogens (tertiary/aromatic N) is 3. The molecular weight excluding hydrogens is 232 g/mol. The Labute approximate surface area is 96.6 Å². The van der Waals surface area contributed by atoms with Crippen LogP contribution in [0, 0.1) is 0 Å². The third kappa shape index (κ3) is 1.96. The van der Waals surface area contributed by atoms with Crippen LogP contribution in [0.3, 0.4) is 0 Å². The topological polar surface area (TPSA) is 75.2 Å². The van der Waals surface area contributed by atoms with E-state index in [0.29, 0.717) is 5.82 Å². The molecule has 1 unspecified atom stereocenters. The molecular formula is C9H9ClN4O2. The average molecular weight is 241 g/mol. The third-order valence-corrected chi connectivity index (χ3v) is 2.54. The summed E-state index contributed by atoms with van der Waals surface area (Å²) < 4.78 is 0. The monoisotopic (exact) mass is 240 g/mol. The summed E-state index contributed by atoms with van der Waals surface area (Å²) in [7, 11) is 1.46. The number of carbonyl (C=O) groups is 2. The summed E-state index contributed by atoms with van der Waals surface area (Å²) in [5, 5.41) is 10.5. The third-order valence-electron chi connectivity index (χ3n) is 2.34. The van der Waals surface area contributed by atoms with E-state index in [9.17, 15) is 9.59 Å². The molecule has 2 heterocycles. The highest BCUT2D eigenvalue weighted by Gasteiger charge is 2.36. The predicted octanol–water partition coefficient (Wildman–Crippen LogP) is 0.299. The Morgan fingerprint density at radius 3 is 2.69 bits per heavy atom. The number of anilines is 1. The van der Waals surface area contributed by atoms with Gasteiger partial charge in [-0.1, -0.05) is 11.6 Å². The van der Waals surface area contributed by atoms with Crippen LogP contribution in [0.4, 0.5) is 5.82 Å². The van der Waals surface area contributed by atoms with Crippen molar-refractivity contribution >= 4 is 29.2 Å². The van der Waals surface area contributed by atoms with Crippen molar-refractivity contribution in [1.82, 2.24) is 15.1 Å². The number of nitrogens with one attached hydrogen (secondary N) is 1. The van der Waals surface area contributed by atoms with Gasteiger partial charge >= 0.3 is 0 Å². The molecule has 0 aromatic carbocycles. The Balaban J connectivity index is 2.09. The standard InChI is InChI=1S/C9H9ClN4O2/c1-14-8(15)4-5(9(14)16)11-7-3-2-6(10)12-13-7/h2-3,5H,4H2,1H3,(H,11,13). The fourth-order valence-electron chi connectivity index (χ4n) is 1.44. The van der Waals surface area contributed by atoms with Crippen LogP contribution in [-0.2, 0) is 9.59 Å². The lowest BCUT2D eigenvalue weighted by molar-refractivity contribution is -0.136. The highest BCUT2D eigenvalue weighted by atomic mass is 35.5. The van der Waals surface area contributed by atoms with E-state index in [4.69, 9.17) is 11.6 Å². The molecule has 6 nitrogen and oxygen atoms in total. The van der Waals surface area contributed by atoms with Gasteiger partial charge in [-0.25, -0.2) is 0 Å². The van der Waals surface area contributed by atoms with Crippen molar-refractivity contribution in [1.29, 1.82) is 0 Å². The number of likely N-dealkylation sites (N-methyl/N-ethyl adjacent to an activating group) is 1. The summed E-state index contributed by atoms with van der Waals surface area (Å²) in [5.41, 5.74) is 0. The number of hydrogen-bond acceptors (Lipinski definition) is 5. The van der Waals surface area contributed by atoms with Crippen LogP contribution in [-0.4, -0.2) is 40.0 Å². The van der Waals surface area contributed by atoms with E-state index < -0.39 is 6.04 Å². The second-order valence-electron chi connectivity index (χ2n) is 3.43. The molecule has 1 aromatic heterocycles. The Kier molecular flexibility index (Phi) is 2.74. The van der Waals surface area contributed by atoms with E-state index in [0.717, 1.165) is 4.90 Å². The molecule has 16 heavy (non-hydrogen) atoms. The lowest BCUT2D eigenvalue weighted by Gasteiger charge is -2.10. The van der Waals surface area contributed by atoms with Crippen LogP contribution in [0.1, 0.15) is 6.42 Å². The molecule has 7 heteroatoms. The number of likely N-dealkylation sites (tertiary alicyclic amines) is 1. The summed E-state index contributed by atoms with van der Waals surface area (Å²) in [4.78, 5) is 23.9.